The first kappa shape index (κ1) is 28.9. The van der Waals surface area contributed by atoms with Gasteiger partial charge in [-0.1, -0.05) is 6.07 Å². The Kier molecular flexibility index (Phi) is 8.07. The first-order valence-electron chi connectivity index (χ1n) is 12.9. The van der Waals surface area contributed by atoms with Crippen molar-refractivity contribution in [1.29, 1.82) is 0 Å². The maximum atomic E-state index is 14.6. The lowest BCUT2D eigenvalue weighted by atomic mass is 10.00. The molecule has 0 unspecified atom stereocenters. The second kappa shape index (κ2) is 11.7. The first-order chi connectivity index (χ1) is 20.0. The largest absolute Gasteiger partial charge is 0.465 e. The summed E-state index contributed by atoms with van der Waals surface area (Å²) in [6.45, 7) is 2.28. The maximum Gasteiger partial charge on any atom is 0.340 e. The number of pyridine rings is 1. The van der Waals surface area contributed by atoms with Gasteiger partial charge in [0.15, 0.2) is 5.78 Å². The number of carbonyl (C=O) groups excluding carboxylic acids is 4. The monoisotopic (exact) mass is 637 g/mol. The molecule has 4 aromatic rings. The summed E-state index contributed by atoms with van der Waals surface area (Å²) in [5, 5.41) is 7.30. The Hall–Kier alpha value is -4.59. The number of esters is 1. The van der Waals surface area contributed by atoms with Gasteiger partial charge in [-0.05, 0) is 52.7 Å². The molecule has 1 N–H and O–H groups in total. The van der Waals surface area contributed by atoms with Crippen LogP contribution in [0.15, 0.2) is 47.3 Å². The highest BCUT2D eigenvalue weighted by Crippen LogP contribution is 2.31. The van der Waals surface area contributed by atoms with Gasteiger partial charge >= 0.3 is 5.97 Å². The number of halogens is 2. The number of likely N-dealkylation sites (tertiary alicyclic amines) is 1. The fourth-order valence-electron chi connectivity index (χ4n) is 4.88. The van der Waals surface area contributed by atoms with Gasteiger partial charge in [0.25, 0.3) is 0 Å². The molecular formula is C28H25BrFN7O5. The van der Waals surface area contributed by atoms with Crippen molar-refractivity contribution >= 4 is 56.2 Å². The number of rotatable bonds is 7. The van der Waals surface area contributed by atoms with Gasteiger partial charge in [0.2, 0.25) is 11.8 Å². The summed E-state index contributed by atoms with van der Waals surface area (Å²) < 4.78 is 21.3. The molecule has 216 valence electrons. The van der Waals surface area contributed by atoms with E-state index in [-0.39, 0.29) is 35.6 Å². The molecule has 1 aromatic carbocycles. The Bertz CT molecular complexity index is 1730. The highest BCUT2D eigenvalue weighted by atomic mass is 79.9. The highest BCUT2D eigenvalue weighted by molar-refractivity contribution is 9.10. The molecule has 1 aliphatic rings. The zero-order valence-electron chi connectivity index (χ0n) is 22.8. The second-order valence-electron chi connectivity index (χ2n) is 9.72. The van der Waals surface area contributed by atoms with Crippen LogP contribution in [-0.4, -0.2) is 79.1 Å². The molecule has 14 heteroatoms. The number of carbonyl (C=O) groups is 4. The molecule has 12 nitrogen and oxygen atoms in total. The molecule has 3 aromatic heterocycles. The summed E-state index contributed by atoms with van der Waals surface area (Å²) in [6.07, 6.45) is 1.55. The van der Waals surface area contributed by atoms with E-state index in [1.54, 1.807) is 49.6 Å². The van der Waals surface area contributed by atoms with E-state index in [1.807, 2.05) is 0 Å². The van der Waals surface area contributed by atoms with Crippen LogP contribution in [0.3, 0.4) is 0 Å². The molecule has 0 aliphatic carbocycles. The van der Waals surface area contributed by atoms with Gasteiger partial charge in [0.1, 0.15) is 40.7 Å². The molecule has 0 bridgehead atoms. The molecule has 0 radical (unpaired) electrons. The van der Waals surface area contributed by atoms with E-state index in [4.69, 9.17) is 4.74 Å². The number of methoxy groups -OCH3 is 1. The molecule has 1 saturated heterocycles. The third-order valence-electron chi connectivity index (χ3n) is 6.82. The molecule has 4 heterocycles. The van der Waals surface area contributed by atoms with Crippen LogP contribution in [0.25, 0.3) is 22.0 Å². The van der Waals surface area contributed by atoms with E-state index in [0.717, 1.165) is 4.90 Å². The van der Waals surface area contributed by atoms with E-state index in [0.29, 0.717) is 26.9 Å². The van der Waals surface area contributed by atoms with Gasteiger partial charge in [0.05, 0.1) is 24.7 Å². The van der Waals surface area contributed by atoms with Crippen LogP contribution in [0.4, 0.5) is 10.2 Å². The Morgan fingerprint density at radius 1 is 1.14 bits per heavy atom. The van der Waals surface area contributed by atoms with E-state index in [2.05, 4.69) is 41.3 Å². The van der Waals surface area contributed by atoms with E-state index >= 15 is 0 Å². The Morgan fingerprint density at radius 3 is 2.55 bits per heavy atom. The molecule has 0 saturated carbocycles. The summed E-state index contributed by atoms with van der Waals surface area (Å²) in [4.78, 5) is 65.8. The SMILES string of the molecule is COC(=O)c1cc(-c2cnc(C)nc2)cc2c(C(C)=O)nn(CC(=O)N3C[C@H](F)C[C@H]3C(=O)Nc3cccc(Br)n3)c12. The van der Waals surface area contributed by atoms with Gasteiger partial charge in [-0.25, -0.2) is 24.1 Å². The van der Waals surface area contributed by atoms with Crippen molar-refractivity contribution in [3.8, 4) is 11.1 Å². The molecule has 2 atom stereocenters. The summed E-state index contributed by atoms with van der Waals surface area (Å²) in [5.41, 5.74) is 1.39. The number of fused-ring (bicyclic) bond motifs is 1. The summed E-state index contributed by atoms with van der Waals surface area (Å²) in [5.74, 6) is -1.54. The third-order valence-corrected chi connectivity index (χ3v) is 7.26. The van der Waals surface area contributed by atoms with E-state index in [1.165, 1.54) is 18.7 Å². The summed E-state index contributed by atoms with van der Waals surface area (Å²) in [7, 11) is 1.21. The number of amides is 2. The van der Waals surface area contributed by atoms with Crippen molar-refractivity contribution in [3.63, 3.8) is 0 Å². The lowest BCUT2D eigenvalue weighted by molar-refractivity contribution is -0.137. The van der Waals surface area contributed by atoms with Crippen LogP contribution >= 0.6 is 15.9 Å². The van der Waals surface area contributed by atoms with E-state index in [9.17, 15) is 23.6 Å². The zero-order chi connectivity index (χ0) is 30.1. The van der Waals surface area contributed by atoms with Gasteiger partial charge in [-0.2, -0.15) is 5.10 Å². The van der Waals surface area contributed by atoms with Crippen molar-refractivity contribution in [2.45, 2.75) is 39.0 Å². The molecule has 0 spiro atoms. The van der Waals surface area contributed by atoms with Crippen LogP contribution in [-0.2, 0) is 20.9 Å². The summed E-state index contributed by atoms with van der Waals surface area (Å²) >= 11 is 3.23. The minimum Gasteiger partial charge on any atom is -0.465 e. The fourth-order valence-corrected chi connectivity index (χ4v) is 5.22. The number of anilines is 1. The number of alkyl halides is 1. The average molecular weight is 638 g/mol. The van der Waals surface area contributed by atoms with Crippen LogP contribution in [0.2, 0.25) is 0 Å². The molecule has 42 heavy (non-hydrogen) atoms. The van der Waals surface area contributed by atoms with Crippen molar-refractivity contribution in [3.05, 3.63) is 64.4 Å². The average Bonchev–Trinajstić information content (AvgIpc) is 3.53. The van der Waals surface area contributed by atoms with Gasteiger partial charge < -0.3 is 15.0 Å². The van der Waals surface area contributed by atoms with Gasteiger partial charge in [-0.3, -0.25) is 19.1 Å². The number of ether oxygens (including phenoxy) is 1. The minimum absolute atomic E-state index is 0.0256. The van der Waals surface area contributed by atoms with Crippen molar-refractivity contribution < 1.29 is 28.3 Å². The van der Waals surface area contributed by atoms with E-state index < -0.39 is 42.3 Å². The first-order valence-corrected chi connectivity index (χ1v) is 13.6. The molecule has 1 aliphatic heterocycles. The lowest BCUT2D eigenvalue weighted by Gasteiger charge is -2.23. The second-order valence-corrected chi connectivity index (χ2v) is 10.5. The molecule has 5 rings (SSSR count). The maximum absolute atomic E-state index is 14.6. The van der Waals surface area contributed by atoms with Crippen LogP contribution < -0.4 is 5.32 Å². The predicted octanol–water partition coefficient (Wildman–Crippen LogP) is 3.53. The number of ketones is 1. The Labute approximate surface area is 247 Å². The van der Waals surface area contributed by atoms with Crippen molar-refractivity contribution in [1.82, 2.24) is 29.6 Å². The molecule has 1 fully saturated rings. The third kappa shape index (κ3) is 5.75. The van der Waals surface area contributed by atoms with Gasteiger partial charge in [0, 0.05) is 36.7 Å². The van der Waals surface area contributed by atoms with Gasteiger partial charge in [-0.15, -0.1) is 0 Å². The smallest absolute Gasteiger partial charge is 0.340 e. The highest BCUT2D eigenvalue weighted by Gasteiger charge is 2.40. The zero-order valence-corrected chi connectivity index (χ0v) is 24.4. The van der Waals surface area contributed by atoms with Crippen LogP contribution in [0.1, 0.15) is 40.0 Å². The predicted molar refractivity (Wildman–Crippen MR) is 152 cm³/mol. The number of hydrogen-bond donors (Lipinski definition) is 1. The molecular weight excluding hydrogens is 613 g/mol. The standard InChI is InChI=1S/C28H25BrFN7O5/c1-14(38)25-19-7-16(17-10-31-15(2)32-11-17)8-20(28(41)42-3)26(19)37(35-25)13-24(39)36-12-18(30)9-21(36)27(40)34-23-6-4-5-22(29)33-23/h4-8,10-11,18,21H,9,12-13H2,1-3H3,(H,33,34,40)/t18-,21+/m1/s1. The fraction of sp³-hybridized carbons (Fsp3) is 0.286. The van der Waals surface area contributed by atoms with Crippen molar-refractivity contribution in [2.24, 2.45) is 0 Å². The number of Topliss-reactive ketones (excluding diaryl/α,β-unsaturated/α-hetero) is 1. The molecule has 2 amide bonds. The summed E-state index contributed by atoms with van der Waals surface area (Å²) in [6, 6.07) is 7.03. The quantitative estimate of drug-likeness (QED) is 0.182. The topological polar surface area (TPSA) is 149 Å². The number of nitrogens with one attached hydrogen (secondary N) is 1. The number of nitrogens with zero attached hydrogens (tertiary/aromatic N) is 6. The van der Waals surface area contributed by atoms with Crippen molar-refractivity contribution in [2.75, 3.05) is 19.0 Å². The van der Waals surface area contributed by atoms with Crippen LogP contribution in [0, 0.1) is 6.92 Å². The minimum atomic E-state index is -1.42. The number of hydrogen-bond acceptors (Lipinski definition) is 9. The Morgan fingerprint density at radius 2 is 1.88 bits per heavy atom. The lowest BCUT2D eigenvalue weighted by Crippen LogP contribution is -2.44. The van der Waals surface area contributed by atoms with Crippen LogP contribution in [0.5, 0.6) is 0 Å². The normalized spacial score (nSPS) is 16.5. The number of benzene rings is 1. The number of aromatic nitrogens is 5. The Balaban J connectivity index is 1.52. The number of aryl methyl sites for hydroxylation is 1.